The molecule has 3 heterocycles. The minimum Gasteiger partial charge on any atom is -0.487 e. The first-order valence-electron chi connectivity index (χ1n) is 12.7. The molecule has 1 aliphatic heterocycles. The second-order valence-electron chi connectivity index (χ2n) is 10.7. The predicted octanol–water partition coefficient (Wildman–Crippen LogP) is 3.86. The van der Waals surface area contributed by atoms with Gasteiger partial charge in [0.15, 0.2) is 15.6 Å². The van der Waals surface area contributed by atoms with Crippen LogP contribution in [-0.2, 0) is 21.2 Å². The molecule has 0 bridgehead atoms. The number of carboxylic acids is 1. The highest BCUT2D eigenvalue weighted by Crippen LogP contribution is 2.34. The average Bonchev–Trinajstić information content (AvgIpc) is 3.53. The van der Waals surface area contributed by atoms with E-state index in [9.17, 15) is 23.6 Å². The van der Waals surface area contributed by atoms with Crippen molar-refractivity contribution in [2.45, 2.75) is 56.7 Å². The van der Waals surface area contributed by atoms with E-state index in [-0.39, 0.29) is 17.5 Å². The summed E-state index contributed by atoms with van der Waals surface area (Å²) in [4.78, 5) is 17.0. The van der Waals surface area contributed by atoms with Gasteiger partial charge in [-0.25, -0.2) is 8.42 Å². The van der Waals surface area contributed by atoms with Crippen molar-refractivity contribution in [3.8, 4) is 11.8 Å². The zero-order valence-electron chi connectivity index (χ0n) is 22.4. The third kappa shape index (κ3) is 4.86. The molecule has 11 heteroatoms. The van der Waals surface area contributed by atoms with E-state index in [1.165, 1.54) is 6.26 Å². The third-order valence-electron chi connectivity index (χ3n) is 7.67. The molecule has 2 aromatic heterocycles. The maximum atomic E-state index is 12.7. The number of ether oxygens (including phenoxy) is 1. The summed E-state index contributed by atoms with van der Waals surface area (Å²) < 4.78 is 33.4. The molecule has 10 nitrogen and oxygen atoms in total. The summed E-state index contributed by atoms with van der Waals surface area (Å²) in [5.74, 6) is -0.475. The summed E-state index contributed by atoms with van der Waals surface area (Å²) in [6.07, 6.45) is 5.86. The smallest absolute Gasteiger partial charge is 0.323 e. The van der Waals surface area contributed by atoms with Crippen LogP contribution in [-0.4, -0.2) is 70.1 Å². The van der Waals surface area contributed by atoms with E-state index in [4.69, 9.17) is 9.84 Å². The number of rotatable bonds is 7. The molecule has 2 N–H and O–H groups in total. The summed E-state index contributed by atoms with van der Waals surface area (Å²) >= 11 is 0. The molecule has 1 aliphatic rings. The summed E-state index contributed by atoms with van der Waals surface area (Å²) in [6, 6.07) is 9.26. The highest BCUT2D eigenvalue weighted by molar-refractivity contribution is 7.90. The number of nitrogens with one attached hydrogen (secondary N) is 1. The fraction of sp³-hybridized carbons (Fsp3) is 0.393. The fourth-order valence-electron chi connectivity index (χ4n) is 5.33. The van der Waals surface area contributed by atoms with Crippen molar-refractivity contribution in [2.24, 2.45) is 0 Å². The Morgan fingerprint density at radius 2 is 2.00 bits per heavy atom. The first-order chi connectivity index (χ1) is 18.4. The first kappa shape index (κ1) is 26.7. The van der Waals surface area contributed by atoms with E-state index in [0.717, 1.165) is 21.9 Å². The Morgan fingerprint density at radius 3 is 2.64 bits per heavy atom. The second kappa shape index (κ2) is 9.70. The summed E-state index contributed by atoms with van der Waals surface area (Å²) in [7, 11) is -3.50. The van der Waals surface area contributed by atoms with Gasteiger partial charge < -0.3 is 14.8 Å². The summed E-state index contributed by atoms with van der Waals surface area (Å²) in [5, 5.41) is 25.7. The van der Waals surface area contributed by atoms with Crippen LogP contribution in [0.3, 0.4) is 0 Å². The molecule has 2 aromatic carbocycles. The van der Waals surface area contributed by atoms with Crippen LogP contribution in [0, 0.1) is 18.3 Å². The van der Waals surface area contributed by atoms with Gasteiger partial charge in [0, 0.05) is 53.6 Å². The van der Waals surface area contributed by atoms with E-state index in [1.54, 1.807) is 42.9 Å². The minimum absolute atomic E-state index is 0.192. The molecule has 0 radical (unpaired) electrons. The van der Waals surface area contributed by atoms with Gasteiger partial charge in [-0.15, -0.1) is 0 Å². The van der Waals surface area contributed by atoms with Crippen molar-refractivity contribution < 1.29 is 23.1 Å². The lowest BCUT2D eigenvalue weighted by molar-refractivity contribution is -0.150. The van der Waals surface area contributed by atoms with Crippen LogP contribution in [0.15, 0.2) is 41.6 Å². The van der Waals surface area contributed by atoms with Crippen molar-refractivity contribution in [3.63, 3.8) is 0 Å². The molecule has 5 rings (SSSR count). The molecule has 0 amide bonds. The lowest BCUT2D eigenvalue weighted by Crippen LogP contribution is -2.54. The molecule has 39 heavy (non-hydrogen) atoms. The number of likely N-dealkylation sites (tertiary alicyclic amines) is 1. The molecule has 0 unspecified atom stereocenters. The lowest BCUT2D eigenvalue weighted by atomic mass is 9.97. The molecule has 1 fully saturated rings. The Morgan fingerprint density at radius 1 is 1.28 bits per heavy atom. The number of nitriles is 1. The van der Waals surface area contributed by atoms with Crippen molar-refractivity contribution in [1.82, 2.24) is 19.7 Å². The average molecular weight is 550 g/mol. The van der Waals surface area contributed by atoms with Gasteiger partial charge in [-0.1, -0.05) is 0 Å². The number of benzene rings is 2. The van der Waals surface area contributed by atoms with Gasteiger partial charge in [0.2, 0.25) is 0 Å². The molecule has 4 aromatic rings. The monoisotopic (exact) mass is 549 g/mol. The molecule has 204 valence electrons. The van der Waals surface area contributed by atoms with Crippen LogP contribution in [0.25, 0.3) is 21.8 Å². The number of carbonyl (C=O) groups is 1. The maximum absolute atomic E-state index is 12.7. The van der Waals surface area contributed by atoms with E-state index >= 15 is 0 Å². The maximum Gasteiger partial charge on any atom is 0.323 e. The number of H-pyrrole nitrogens is 1. The van der Waals surface area contributed by atoms with Gasteiger partial charge in [0.1, 0.15) is 23.2 Å². The van der Waals surface area contributed by atoms with Crippen LogP contribution in [0.1, 0.15) is 43.4 Å². The van der Waals surface area contributed by atoms with Crippen molar-refractivity contribution in [1.29, 1.82) is 5.26 Å². The van der Waals surface area contributed by atoms with Gasteiger partial charge in [-0.05, 0) is 63.4 Å². The Kier molecular flexibility index (Phi) is 6.64. The van der Waals surface area contributed by atoms with Crippen molar-refractivity contribution in [2.75, 3.05) is 19.3 Å². The van der Waals surface area contributed by atoms with E-state index < -0.39 is 21.3 Å². The van der Waals surface area contributed by atoms with Gasteiger partial charge in [0.25, 0.3) is 0 Å². The number of fused-ring (bicyclic) bond motifs is 2. The second-order valence-corrected chi connectivity index (χ2v) is 12.7. The van der Waals surface area contributed by atoms with E-state index in [0.29, 0.717) is 48.3 Å². The van der Waals surface area contributed by atoms with Crippen LogP contribution >= 0.6 is 0 Å². The zero-order valence-corrected chi connectivity index (χ0v) is 23.2. The minimum atomic E-state index is -3.50. The van der Waals surface area contributed by atoms with Gasteiger partial charge in [-0.3, -0.25) is 14.4 Å². The van der Waals surface area contributed by atoms with Crippen molar-refractivity contribution in [3.05, 3.63) is 53.3 Å². The number of piperidine rings is 1. The largest absolute Gasteiger partial charge is 0.487 e. The highest BCUT2D eigenvalue weighted by Gasteiger charge is 2.37. The molecule has 1 saturated heterocycles. The third-order valence-corrected chi connectivity index (χ3v) is 8.83. The molecule has 0 spiro atoms. The Bertz CT molecular complexity index is 1740. The van der Waals surface area contributed by atoms with Gasteiger partial charge >= 0.3 is 5.97 Å². The number of hydrogen-bond acceptors (Lipinski definition) is 7. The van der Waals surface area contributed by atoms with E-state index in [2.05, 4.69) is 11.1 Å². The molecule has 0 aliphatic carbocycles. The normalized spacial score (nSPS) is 15.6. The van der Waals surface area contributed by atoms with Crippen LogP contribution in [0.2, 0.25) is 0 Å². The number of aromatic nitrogens is 3. The standard InChI is InChI=1S/C28H31N5O5S/c1-17-13-23(39(4,36)37)22(21-7-10-30-24(17)21)16-33-15-19-6-5-18(14-29)26(25(19)31-33)38-20-8-11-32(12-9-20)28(2,3)27(34)35/h5-7,10,13,15,20,30H,8-9,11-12,16H2,1-4H3,(H,34,35). The number of nitrogens with zero attached hydrogens (tertiary/aromatic N) is 4. The topological polar surface area (TPSA) is 141 Å². The van der Waals surface area contributed by atoms with Crippen molar-refractivity contribution >= 4 is 37.6 Å². The number of aliphatic carboxylic acids is 1. The van der Waals surface area contributed by atoms with E-state index in [1.807, 2.05) is 24.1 Å². The molecular formula is C28H31N5O5S. The lowest BCUT2D eigenvalue weighted by Gasteiger charge is -2.40. The van der Waals surface area contributed by atoms with Crippen LogP contribution in [0.4, 0.5) is 0 Å². The Labute approximate surface area is 226 Å². The summed E-state index contributed by atoms with van der Waals surface area (Å²) in [6.45, 7) is 6.61. The highest BCUT2D eigenvalue weighted by atomic mass is 32.2. The fourth-order valence-corrected chi connectivity index (χ4v) is 6.34. The first-order valence-corrected chi connectivity index (χ1v) is 14.6. The summed E-state index contributed by atoms with van der Waals surface area (Å²) in [5.41, 5.74) is 2.29. The molecular weight excluding hydrogens is 518 g/mol. The number of hydrogen-bond donors (Lipinski definition) is 2. The zero-order chi connectivity index (χ0) is 28.1. The number of aromatic amines is 1. The number of carboxylic acid groups (broad SMARTS) is 1. The molecule has 0 atom stereocenters. The number of sulfone groups is 1. The predicted molar refractivity (Wildman–Crippen MR) is 147 cm³/mol. The quantitative estimate of drug-likeness (QED) is 0.354. The Balaban J connectivity index is 1.48. The Hall–Kier alpha value is -3.88. The SMILES string of the molecule is Cc1cc(S(C)(=O)=O)c(Cn2cc3ccc(C#N)c(OC4CCN(C(C)(C)C(=O)O)CC4)c3n2)c2cc[nH]c12. The van der Waals surface area contributed by atoms with Crippen LogP contribution in [0.5, 0.6) is 5.75 Å². The van der Waals surface area contributed by atoms with Crippen LogP contribution < -0.4 is 4.74 Å². The van der Waals surface area contributed by atoms with Gasteiger partial charge in [0.05, 0.1) is 17.0 Å². The van der Waals surface area contributed by atoms with Gasteiger partial charge in [-0.2, -0.15) is 10.4 Å². The number of aryl methyl sites for hydroxylation is 1. The molecule has 0 saturated carbocycles.